The van der Waals surface area contributed by atoms with Crippen molar-refractivity contribution >= 4 is 21.8 Å². The smallest absolute Gasteiger partial charge is 0.246 e. The summed E-state index contributed by atoms with van der Waals surface area (Å²) in [5.41, 5.74) is -0.818. The molecule has 1 unspecified atom stereocenters. The molecule has 1 fully saturated rings. The third-order valence-electron chi connectivity index (χ3n) is 3.31. The summed E-state index contributed by atoms with van der Waals surface area (Å²) in [6.45, 7) is 5.63. The summed E-state index contributed by atoms with van der Waals surface area (Å²) in [5, 5.41) is 2.87. The lowest BCUT2D eigenvalue weighted by Gasteiger charge is -2.35. The SMILES string of the molecule is CC1(C)CC(C)(c2cc(Br)ccc2F)NC(=O)CO1. The maximum Gasteiger partial charge on any atom is 0.246 e. The number of carbonyl (C=O) groups is 1. The first-order chi connectivity index (χ1) is 8.72. The summed E-state index contributed by atoms with van der Waals surface area (Å²) in [6.07, 6.45) is 0.499. The van der Waals surface area contributed by atoms with Crippen molar-refractivity contribution in [3.05, 3.63) is 34.1 Å². The van der Waals surface area contributed by atoms with Gasteiger partial charge in [0, 0.05) is 16.5 Å². The van der Waals surface area contributed by atoms with Gasteiger partial charge >= 0.3 is 0 Å². The highest BCUT2D eigenvalue weighted by molar-refractivity contribution is 9.10. The molecule has 2 rings (SSSR count). The Bertz CT molecular complexity index is 518. The molecular formula is C14H17BrFNO2. The molecule has 1 aromatic carbocycles. The van der Waals surface area contributed by atoms with E-state index >= 15 is 0 Å². The zero-order chi connectivity index (χ0) is 14.3. The van der Waals surface area contributed by atoms with Gasteiger partial charge in [-0.05, 0) is 39.0 Å². The minimum atomic E-state index is -0.787. The third-order valence-corrected chi connectivity index (χ3v) is 3.80. The number of nitrogens with one attached hydrogen (secondary N) is 1. The van der Waals surface area contributed by atoms with E-state index in [2.05, 4.69) is 21.2 Å². The number of halogens is 2. The molecule has 5 heteroatoms. The van der Waals surface area contributed by atoms with E-state index in [1.807, 2.05) is 20.8 Å². The molecule has 1 atom stereocenters. The molecule has 1 saturated heterocycles. The van der Waals surface area contributed by atoms with E-state index in [1.165, 1.54) is 6.07 Å². The Morgan fingerprint density at radius 1 is 1.37 bits per heavy atom. The van der Waals surface area contributed by atoms with Crippen molar-refractivity contribution in [1.29, 1.82) is 0 Å². The van der Waals surface area contributed by atoms with Crippen molar-refractivity contribution in [3.63, 3.8) is 0 Å². The van der Waals surface area contributed by atoms with Gasteiger partial charge in [-0.3, -0.25) is 4.79 Å². The quantitative estimate of drug-likeness (QED) is 0.859. The molecule has 104 valence electrons. The zero-order valence-corrected chi connectivity index (χ0v) is 12.8. The standard InChI is InChI=1S/C14H17BrFNO2/c1-13(2)8-14(3,17-12(18)7-19-13)10-6-9(15)4-5-11(10)16/h4-6H,7-8H2,1-3H3,(H,17,18). The average molecular weight is 330 g/mol. The molecule has 0 saturated carbocycles. The molecule has 0 aliphatic carbocycles. The first-order valence-electron chi connectivity index (χ1n) is 6.12. The highest BCUT2D eigenvalue weighted by Crippen LogP contribution is 2.36. The first kappa shape index (κ1) is 14.5. The minimum Gasteiger partial charge on any atom is -0.366 e. The molecule has 0 bridgehead atoms. The van der Waals surface area contributed by atoms with E-state index in [1.54, 1.807) is 12.1 Å². The zero-order valence-electron chi connectivity index (χ0n) is 11.2. The molecule has 1 N–H and O–H groups in total. The number of ether oxygens (including phenoxy) is 1. The molecule has 1 amide bonds. The molecule has 3 nitrogen and oxygen atoms in total. The summed E-state index contributed by atoms with van der Waals surface area (Å²) in [7, 11) is 0. The normalized spacial score (nSPS) is 26.7. The number of amides is 1. The van der Waals surface area contributed by atoms with E-state index < -0.39 is 11.1 Å². The van der Waals surface area contributed by atoms with Crippen LogP contribution in [0.2, 0.25) is 0 Å². The predicted octanol–water partition coefficient (Wildman–Crippen LogP) is 3.12. The lowest BCUT2D eigenvalue weighted by Crippen LogP contribution is -2.45. The fourth-order valence-electron chi connectivity index (χ4n) is 2.63. The van der Waals surface area contributed by atoms with Crippen LogP contribution in [0.3, 0.4) is 0 Å². The van der Waals surface area contributed by atoms with Gasteiger partial charge in [0.1, 0.15) is 12.4 Å². The Kier molecular flexibility index (Phi) is 3.71. The number of hydrogen-bond acceptors (Lipinski definition) is 2. The number of carbonyl (C=O) groups excluding carboxylic acids is 1. The Hall–Kier alpha value is -0.940. The maximum absolute atomic E-state index is 14.1. The fourth-order valence-corrected chi connectivity index (χ4v) is 3.00. The summed E-state index contributed by atoms with van der Waals surface area (Å²) in [6, 6.07) is 4.74. The van der Waals surface area contributed by atoms with Crippen LogP contribution in [0, 0.1) is 5.82 Å². The van der Waals surface area contributed by atoms with Crippen molar-refractivity contribution in [1.82, 2.24) is 5.32 Å². The lowest BCUT2D eigenvalue weighted by atomic mass is 9.82. The monoisotopic (exact) mass is 329 g/mol. The van der Waals surface area contributed by atoms with Crippen molar-refractivity contribution in [2.24, 2.45) is 0 Å². The van der Waals surface area contributed by atoms with Crippen LogP contribution >= 0.6 is 15.9 Å². The van der Waals surface area contributed by atoms with Gasteiger partial charge in [0.25, 0.3) is 0 Å². The molecule has 1 aliphatic rings. The van der Waals surface area contributed by atoms with Crippen LogP contribution in [-0.2, 0) is 15.1 Å². The molecule has 0 aromatic heterocycles. The van der Waals surface area contributed by atoms with Crippen LogP contribution in [-0.4, -0.2) is 18.1 Å². The van der Waals surface area contributed by atoms with Gasteiger partial charge in [-0.2, -0.15) is 0 Å². The van der Waals surface area contributed by atoms with Gasteiger partial charge in [0.2, 0.25) is 5.91 Å². The molecule has 1 heterocycles. The van der Waals surface area contributed by atoms with E-state index in [-0.39, 0.29) is 18.3 Å². The van der Waals surface area contributed by atoms with E-state index in [0.29, 0.717) is 12.0 Å². The highest BCUT2D eigenvalue weighted by Gasteiger charge is 2.40. The van der Waals surface area contributed by atoms with Gasteiger partial charge in [0.15, 0.2) is 0 Å². The van der Waals surface area contributed by atoms with Gasteiger partial charge in [-0.25, -0.2) is 4.39 Å². The van der Waals surface area contributed by atoms with Crippen molar-refractivity contribution in [3.8, 4) is 0 Å². The highest BCUT2D eigenvalue weighted by atomic mass is 79.9. The number of benzene rings is 1. The fraction of sp³-hybridized carbons (Fsp3) is 0.500. The van der Waals surface area contributed by atoms with E-state index in [4.69, 9.17) is 4.74 Å². The van der Waals surface area contributed by atoms with Crippen LogP contribution in [0.5, 0.6) is 0 Å². The second kappa shape index (κ2) is 4.87. The van der Waals surface area contributed by atoms with E-state index in [9.17, 15) is 9.18 Å². The summed E-state index contributed by atoms with van der Waals surface area (Å²) in [4.78, 5) is 11.8. The molecule has 0 spiro atoms. The van der Waals surface area contributed by atoms with Crippen molar-refractivity contribution in [2.75, 3.05) is 6.61 Å². The Balaban J connectivity index is 2.49. The Morgan fingerprint density at radius 3 is 2.74 bits per heavy atom. The predicted molar refractivity (Wildman–Crippen MR) is 74.2 cm³/mol. The second-order valence-electron chi connectivity index (χ2n) is 5.73. The van der Waals surface area contributed by atoms with Gasteiger partial charge in [-0.1, -0.05) is 15.9 Å². The minimum absolute atomic E-state index is 0.00177. The maximum atomic E-state index is 14.1. The third kappa shape index (κ3) is 3.15. The van der Waals surface area contributed by atoms with Gasteiger partial charge in [-0.15, -0.1) is 0 Å². The van der Waals surface area contributed by atoms with Crippen LogP contribution in [0.15, 0.2) is 22.7 Å². The van der Waals surface area contributed by atoms with Crippen LogP contribution in [0.1, 0.15) is 32.8 Å². The molecule has 19 heavy (non-hydrogen) atoms. The van der Waals surface area contributed by atoms with Gasteiger partial charge < -0.3 is 10.1 Å². The molecular weight excluding hydrogens is 313 g/mol. The van der Waals surface area contributed by atoms with Crippen molar-refractivity contribution in [2.45, 2.75) is 38.3 Å². The molecule has 1 aromatic rings. The summed E-state index contributed by atoms with van der Waals surface area (Å²) in [5.74, 6) is -0.559. The topological polar surface area (TPSA) is 38.3 Å². The summed E-state index contributed by atoms with van der Waals surface area (Å²) < 4.78 is 20.4. The van der Waals surface area contributed by atoms with Crippen molar-refractivity contribution < 1.29 is 13.9 Å². The largest absolute Gasteiger partial charge is 0.366 e. The second-order valence-corrected chi connectivity index (χ2v) is 6.65. The first-order valence-corrected chi connectivity index (χ1v) is 6.92. The average Bonchev–Trinajstić information content (AvgIpc) is 2.39. The van der Waals surface area contributed by atoms with Crippen LogP contribution in [0.4, 0.5) is 4.39 Å². The lowest BCUT2D eigenvalue weighted by molar-refractivity contribution is -0.128. The van der Waals surface area contributed by atoms with Crippen LogP contribution in [0.25, 0.3) is 0 Å². The van der Waals surface area contributed by atoms with E-state index in [0.717, 1.165) is 4.47 Å². The Labute approximate surface area is 120 Å². The number of rotatable bonds is 1. The molecule has 0 radical (unpaired) electrons. The van der Waals surface area contributed by atoms with Crippen LogP contribution < -0.4 is 5.32 Å². The molecule has 1 aliphatic heterocycles. The number of hydrogen-bond donors (Lipinski definition) is 1. The Morgan fingerprint density at radius 2 is 2.05 bits per heavy atom. The summed E-state index contributed by atoms with van der Waals surface area (Å²) >= 11 is 3.34. The van der Waals surface area contributed by atoms with Gasteiger partial charge in [0.05, 0.1) is 11.1 Å².